The van der Waals surface area contributed by atoms with Crippen molar-refractivity contribution in [2.45, 2.75) is 70.4 Å². The zero-order valence-corrected chi connectivity index (χ0v) is 12.6. The van der Waals surface area contributed by atoms with Crippen LogP contribution in [0.2, 0.25) is 0 Å². The van der Waals surface area contributed by atoms with Crippen molar-refractivity contribution in [2.75, 3.05) is 19.6 Å². The molecule has 1 heterocycles. The van der Waals surface area contributed by atoms with Gasteiger partial charge in [0.1, 0.15) is 5.54 Å². The standard InChI is InChI=1S/C16H29N3/c1-14(2)12-19-10-8-16(13-17,9-11-19)18-15-6-4-3-5-7-15/h14-15,18H,3-12H2,1-2H3. The third kappa shape index (κ3) is 4.19. The molecule has 1 saturated carbocycles. The SMILES string of the molecule is CC(C)CN1CCC(C#N)(NC2CCCCC2)CC1. The molecule has 0 aromatic heterocycles. The van der Waals surface area contributed by atoms with Crippen LogP contribution in [0.5, 0.6) is 0 Å². The van der Waals surface area contributed by atoms with Crippen LogP contribution in [0.25, 0.3) is 0 Å². The molecule has 0 amide bonds. The smallest absolute Gasteiger partial charge is 0.109 e. The maximum Gasteiger partial charge on any atom is 0.109 e. The second-order valence-corrected chi connectivity index (χ2v) is 6.87. The molecule has 0 unspecified atom stereocenters. The second kappa shape index (κ2) is 6.72. The minimum Gasteiger partial charge on any atom is -0.303 e. The normalized spacial score (nSPS) is 25.4. The summed E-state index contributed by atoms with van der Waals surface area (Å²) in [4.78, 5) is 2.52. The maximum atomic E-state index is 9.61. The molecule has 3 nitrogen and oxygen atoms in total. The topological polar surface area (TPSA) is 39.1 Å². The lowest BCUT2D eigenvalue weighted by atomic mass is 9.85. The van der Waals surface area contributed by atoms with E-state index in [1.54, 1.807) is 0 Å². The van der Waals surface area contributed by atoms with Gasteiger partial charge in [-0.15, -0.1) is 0 Å². The molecule has 19 heavy (non-hydrogen) atoms. The Morgan fingerprint density at radius 3 is 2.37 bits per heavy atom. The van der Waals surface area contributed by atoms with Crippen molar-refractivity contribution in [1.29, 1.82) is 5.26 Å². The molecule has 0 spiro atoms. The Bertz CT molecular complexity index is 304. The van der Waals surface area contributed by atoms with E-state index in [1.165, 1.54) is 38.6 Å². The van der Waals surface area contributed by atoms with Gasteiger partial charge < -0.3 is 4.90 Å². The maximum absolute atomic E-state index is 9.61. The molecule has 1 aliphatic carbocycles. The lowest BCUT2D eigenvalue weighted by Crippen LogP contribution is -2.56. The average molecular weight is 263 g/mol. The van der Waals surface area contributed by atoms with Gasteiger partial charge in [0.15, 0.2) is 0 Å². The highest BCUT2D eigenvalue weighted by atomic mass is 15.2. The highest BCUT2D eigenvalue weighted by Gasteiger charge is 2.36. The van der Waals surface area contributed by atoms with Gasteiger partial charge in [0.2, 0.25) is 0 Å². The Balaban J connectivity index is 1.85. The van der Waals surface area contributed by atoms with E-state index in [2.05, 4.69) is 30.1 Å². The molecule has 1 saturated heterocycles. The van der Waals surface area contributed by atoms with Crippen LogP contribution in [-0.4, -0.2) is 36.1 Å². The van der Waals surface area contributed by atoms with E-state index in [4.69, 9.17) is 0 Å². The highest BCUT2D eigenvalue weighted by molar-refractivity contribution is 5.11. The van der Waals surface area contributed by atoms with Crippen LogP contribution in [0.15, 0.2) is 0 Å². The first-order valence-corrected chi connectivity index (χ1v) is 8.05. The number of likely N-dealkylation sites (tertiary alicyclic amines) is 1. The number of piperidine rings is 1. The molecule has 0 radical (unpaired) electrons. The summed E-state index contributed by atoms with van der Waals surface area (Å²) in [5.74, 6) is 0.723. The number of hydrogen-bond donors (Lipinski definition) is 1. The zero-order valence-electron chi connectivity index (χ0n) is 12.6. The van der Waals surface area contributed by atoms with Crippen molar-refractivity contribution in [2.24, 2.45) is 5.92 Å². The highest BCUT2D eigenvalue weighted by Crippen LogP contribution is 2.26. The Hall–Kier alpha value is -0.590. The quantitative estimate of drug-likeness (QED) is 0.847. The number of nitrogens with one attached hydrogen (secondary N) is 1. The van der Waals surface area contributed by atoms with Crippen molar-refractivity contribution >= 4 is 0 Å². The lowest BCUT2D eigenvalue weighted by Gasteiger charge is -2.41. The third-order valence-electron chi connectivity index (χ3n) is 4.63. The molecule has 1 aliphatic heterocycles. The molecular formula is C16H29N3. The first-order valence-electron chi connectivity index (χ1n) is 8.05. The largest absolute Gasteiger partial charge is 0.303 e. The third-order valence-corrected chi connectivity index (χ3v) is 4.63. The fourth-order valence-corrected chi connectivity index (χ4v) is 3.56. The van der Waals surface area contributed by atoms with Crippen LogP contribution in [-0.2, 0) is 0 Å². The van der Waals surface area contributed by atoms with Crippen LogP contribution in [0.4, 0.5) is 0 Å². The van der Waals surface area contributed by atoms with Gasteiger partial charge in [0.25, 0.3) is 0 Å². The average Bonchev–Trinajstić information content (AvgIpc) is 2.42. The van der Waals surface area contributed by atoms with E-state index in [0.29, 0.717) is 6.04 Å². The lowest BCUT2D eigenvalue weighted by molar-refractivity contribution is 0.139. The van der Waals surface area contributed by atoms with Gasteiger partial charge in [0.05, 0.1) is 6.07 Å². The van der Waals surface area contributed by atoms with E-state index in [9.17, 15) is 5.26 Å². The van der Waals surface area contributed by atoms with E-state index in [-0.39, 0.29) is 5.54 Å². The summed E-state index contributed by atoms with van der Waals surface area (Å²) >= 11 is 0. The molecule has 2 rings (SSSR count). The molecule has 0 aromatic carbocycles. The molecule has 0 aromatic rings. The molecule has 3 heteroatoms. The van der Waals surface area contributed by atoms with Gasteiger partial charge >= 0.3 is 0 Å². The zero-order chi connectivity index (χ0) is 13.7. The number of hydrogen-bond acceptors (Lipinski definition) is 3. The minimum atomic E-state index is -0.241. The van der Waals surface area contributed by atoms with Gasteiger partial charge in [0, 0.05) is 25.7 Å². The van der Waals surface area contributed by atoms with Gasteiger partial charge in [-0.3, -0.25) is 5.32 Å². The molecule has 108 valence electrons. The van der Waals surface area contributed by atoms with Gasteiger partial charge in [-0.2, -0.15) is 5.26 Å². The first-order chi connectivity index (χ1) is 9.13. The summed E-state index contributed by atoms with van der Waals surface area (Å²) in [5.41, 5.74) is -0.241. The molecule has 2 aliphatic rings. The summed E-state index contributed by atoms with van der Waals surface area (Å²) in [6, 6.07) is 3.19. The Kier molecular flexibility index (Phi) is 5.24. The fraction of sp³-hybridized carbons (Fsp3) is 0.938. The van der Waals surface area contributed by atoms with E-state index in [0.717, 1.165) is 31.8 Å². The molecule has 0 bridgehead atoms. The van der Waals surface area contributed by atoms with Crippen LogP contribution in [0.3, 0.4) is 0 Å². The minimum absolute atomic E-state index is 0.241. The number of nitrogens with zero attached hydrogens (tertiary/aromatic N) is 2. The Labute approximate surface area is 118 Å². The molecular weight excluding hydrogens is 234 g/mol. The van der Waals surface area contributed by atoms with Crippen LogP contribution in [0.1, 0.15) is 58.8 Å². The van der Waals surface area contributed by atoms with Crippen molar-refractivity contribution < 1.29 is 0 Å². The second-order valence-electron chi connectivity index (χ2n) is 6.87. The van der Waals surface area contributed by atoms with Crippen molar-refractivity contribution in [3.8, 4) is 6.07 Å². The van der Waals surface area contributed by atoms with E-state index in [1.807, 2.05) is 0 Å². The van der Waals surface area contributed by atoms with Gasteiger partial charge in [-0.1, -0.05) is 33.1 Å². The summed E-state index contributed by atoms with van der Waals surface area (Å²) in [6.45, 7) is 7.86. The Morgan fingerprint density at radius 1 is 1.21 bits per heavy atom. The van der Waals surface area contributed by atoms with E-state index >= 15 is 0 Å². The molecule has 1 N–H and O–H groups in total. The summed E-state index contributed by atoms with van der Waals surface area (Å²) in [6.07, 6.45) is 8.55. The van der Waals surface area contributed by atoms with Crippen LogP contribution in [0, 0.1) is 17.2 Å². The fourth-order valence-electron chi connectivity index (χ4n) is 3.56. The monoisotopic (exact) mass is 263 g/mol. The molecule has 0 atom stereocenters. The first kappa shape index (κ1) is 14.8. The summed E-state index contributed by atoms with van der Waals surface area (Å²) in [7, 11) is 0. The van der Waals surface area contributed by atoms with Crippen LogP contribution < -0.4 is 5.32 Å². The summed E-state index contributed by atoms with van der Waals surface area (Å²) in [5, 5.41) is 13.3. The van der Waals surface area contributed by atoms with Crippen molar-refractivity contribution in [3.05, 3.63) is 0 Å². The van der Waals surface area contributed by atoms with Crippen molar-refractivity contribution in [1.82, 2.24) is 10.2 Å². The summed E-state index contributed by atoms with van der Waals surface area (Å²) < 4.78 is 0. The van der Waals surface area contributed by atoms with Crippen LogP contribution >= 0.6 is 0 Å². The number of nitriles is 1. The number of rotatable bonds is 4. The Morgan fingerprint density at radius 2 is 1.84 bits per heavy atom. The predicted molar refractivity (Wildman–Crippen MR) is 78.9 cm³/mol. The van der Waals surface area contributed by atoms with Crippen molar-refractivity contribution in [3.63, 3.8) is 0 Å². The van der Waals surface area contributed by atoms with Gasteiger partial charge in [-0.05, 0) is 31.6 Å². The van der Waals surface area contributed by atoms with Gasteiger partial charge in [-0.25, -0.2) is 0 Å². The predicted octanol–water partition coefficient (Wildman–Crippen LogP) is 2.92. The van der Waals surface area contributed by atoms with E-state index < -0.39 is 0 Å². The molecule has 2 fully saturated rings.